The number of carbonyl (C=O) groups excluding carboxylic acids is 2. The van der Waals surface area contributed by atoms with Crippen LogP contribution in [0.1, 0.15) is 56.0 Å². The fourth-order valence-corrected chi connectivity index (χ4v) is 3.02. The SMILES string of the molecule is CCCCC(=O)N(CC#Cc1ccc(C(=O)N(CC)CC)cc1)c1ccc(F)cc1. The number of unbranched alkanes of at least 4 members (excludes halogenated alkanes) is 1. The van der Waals surface area contributed by atoms with Gasteiger partial charge in [0.1, 0.15) is 5.82 Å². The first-order chi connectivity index (χ1) is 14.5. The zero-order chi connectivity index (χ0) is 21.9. The van der Waals surface area contributed by atoms with Gasteiger partial charge in [-0.3, -0.25) is 9.59 Å². The predicted molar refractivity (Wildman–Crippen MR) is 119 cm³/mol. The van der Waals surface area contributed by atoms with Gasteiger partial charge in [-0.05, 0) is 68.8 Å². The van der Waals surface area contributed by atoms with E-state index in [2.05, 4.69) is 11.8 Å². The highest BCUT2D eigenvalue weighted by atomic mass is 19.1. The monoisotopic (exact) mass is 408 g/mol. The Labute approximate surface area is 178 Å². The molecule has 2 rings (SSSR count). The van der Waals surface area contributed by atoms with Crippen molar-refractivity contribution >= 4 is 17.5 Å². The van der Waals surface area contributed by atoms with E-state index in [1.807, 2.05) is 32.9 Å². The number of amides is 2. The van der Waals surface area contributed by atoms with Crippen LogP contribution in [0.2, 0.25) is 0 Å². The maximum absolute atomic E-state index is 13.3. The molecule has 0 radical (unpaired) electrons. The molecule has 0 spiro atoms. The fraction of sp³-hybridized carbons (Fsp3) is 0.360. The average molecular weight is 409 g/mol. The van der Waals surface area contributed by atoms with Crippen molar-refractivity contribution in [2.75, 3.05) is 24.5 Å². The van der Waals surface area contributed by atoms with E-state index in [0.717, 1.165) is 18.4 Å². The van der Waals surface area contributed by atoms with Crippen LogP contribution in [0.4, 0.5) is 10.1 Å². The zero-order valence-electron chi connectivity index (χ0n) is 18.0. The van der Waals surface area contributed by atoms with E-state index in [1.165, 1.54) is 12.1 Å². The number of benzene rings is 2. The second-order valence-corrected chi connectivity index (χ2v) is 6.92. The summed E-state index contributed by atoms with van der Waals surface area (Å²) >= 11 is 0. The molecular formula is C25H29FN2O2. The summed E-state index contributed by atoms with van der Waals surface area (Å²) < 4.78 is 13.3. The molecule has 0 saturated carbocycles. The van der Waals surface area contributed by atoms with E-state index in [9.17, 15) is 14.0 Å². The number of hydrogen-bond donors (Lipinski definition) is 0. The fourth-order valence-electron chi connectivity index (χ4n) is 3.02. The summed E-state index contributed by atoms with van der Waals surface area (Å²) in [6.07, 6.45) is 2.15. The third-order valence-electron chi connectivity index (χ3n) is 4.84. The van der Waals surface area contributed by atoms with E-state index >= 15 is 0 Å². The minimum atomic E-state index is -0.342. The molecule has 2 aromatic carbocycles. The first-order valence-corrected chi connectivity index (χ1v) is 10.4. The highest BCUT2D eigenvalue weighted by molar-refractivity contribution is 5.94. The molecule has 0 bridgehead atoms. The Kier molecular flexibility index (Phi) is 9.08. The first-order valence-electron chi connectivity index (χ1n) is 10.4. The molecule has 30 heavy (non-hydrogen) atoms. The molecule has 2 aromatic rings. The molecule has 0 heterocycles. The number of anilines is 1. The van der Waals surface area contributed by atoms with Gasteiger partial charge in [-0.15, -0.1) is 0 Å². The number of carbonyl (C=O) groups is 2. The van der Waals surface area contributed by atoms with E-state index in [0.29, 0.717) is 30.8 Å². The Balaban J connectivity index is 2.13. The lowest BCUT2D eigenvalue weighted by molar-refractivity contribution is -0.118. The third-order valence-corrected chi connectivity index (χ3v) is 4.84. The summed E-state index contributed by atoms with van der Waals surface area (Å²) in [6.45, 7) is 7.49. The van der Waals surface area contributed by atoms with E-state index in [-0.39, 0.29) is 24.2 Å². The van der Waals surface area contributed by atoms with Crippen LogP contribution in [0, 0.1) is 17.7 Å². The molecule has 4 nitrogen and oxygen atoms in total. The van der Waals surface area contributed by atoms with Crippen LogP contribution >= 0.6 is 0 Å². The molecule has 0 N–H and O–H groups in total. The molecule has 0 aliphatic carbocycles. The van der Waals surface area contributed by atoms with Gasteiger partial charge >= 0.3 is 0 Å². The summed E-state index contributed by atoms with van der Waals surface area (Å²) in [4.78, 5) is 28.3. The standard InChI is InChI=1S/C25H29FN2O2/c1-4-7-10-24(29)28(23-17-15-22(26)16-18-23)19-8-9-20-11-13-21(14-12-20)25(30)27(5-2)6-3/h11-18H,4-7,10,19H2,1-3H3. The Morgan fingerprint density at radius 2 is 1.57 bits per heavy atom. The van der Waals surface area contributed by atoms with Crippen LogP contribution in [-0.2, 0) is 4.79 Å². The average Bonchev–Trinajstić information content (AvgIpc) is 2.77. The molecule has 0 saturated heterocycles. The molecular weight excluding hydrogens is 379 g/mol. The van der Waals surface area contributed by atoms with Gasteiger partial charge in [0.05, 0.1) is 6.54 Å². The Morgan fingerprint density at radius 1 is 0.933 bits per heavy atom. The van der Waals surface area contributed by atoms with Crippen molar-refractivity contribution in [1.29, 1.82) is 0 Å². The maximum Gasteiger partial charge on any atom is 0.253 e. The lowest BCUT2D eigenvalue weighted by Gasteiger charge is -2.20. The van der Waals surface area contributed by atoms with E-state index in [1.54, 1.807) is 34.1 Å². The van der Waals surface area contributed by atoms with Gasteiger partial charge in [-0.25, -0.2) is 4.39 Å². The molecule has 0 fully saturated rings. The van der Waals surface area contributed by atoms with Crippen molar-refractivity contribution in [3.05, 3.63) is 65.5 Å². The number of halogens is 1. The number of nitrogens with zero attached hydrogens (tertiary/aromatic N) is 2. The normalized spacial score (nSPS) is 10.1. The van der Waals surface area contributed by atoms with Crippen LogP contribution in [0.3, 0.4) is 0 Å². The third kappa shape index (κ3) is 6.45. The Hall–Kier alpha value is -3.13. The smallest absolute Gasteiger partial charge is 0.253 e. The van der Waals surface area contributed by atoms with Crippen molar-refractivity contribution in [2.45, 2.75) is 40.0 Å². The maximum atomic E-state index is 13.3. The Bertz CT molecular complexity index is 891. The van der Waals surface area contributed by atoms with Crippen molar-refractivity contribution < 1.29 is 14.0 Å². The van der Waals surface area contributed by atoms with E-state index in [4.69, 9.17) is 0 Å². The van der Waals surface area contributed by atoms with Crippen LogP contribution < -0.4 is 4.90 Å². The summed E-state index contributed by atoms with van der Waals surface area (Å²) in [7, 11) is 0. The van der Waals surface area contributed by atoms with Crippen LogP contribution in [0.25, 0.3) is 0 Å². The molecule has 2 amide bonds. The van der Waals surface area contributed by atoms with Gasteiger partial charge in [0.25, 0.3) is 5.91 Å². The van der Waals surface area contributed by atoms with Crippen molar-refractivity contribution in [3.63, 3.8) is 0 Å². The van der Waals surface area contributed by atoms with Crippen LogP contribution in [-0.4, -0.2) is 36.3 Å². The van der Waals surface area contributed by atoms with Crippen LogP contribution in [0.5, 0.6) is 0 Å². The molecule has 0 atom stereocenters. The topological polar surface area (TPSA) is 40.6 Å². The van der Waals surface area contributed by atoms with Crippen molar-refractivity contribution in [1.82, 2.24) is 4.90 Å². The number of rotatable bonds is 8. The lowest BCUT2D eigenvalue weighted by atomic mass is 10.1. The quantitative estimate of drug-likeness (QED) is 0.584. The van der Waals surface area contributed by atoms with Crippen molar-refractivity contribution in [2.24, 2.45) is 0 Å². The summed E-state index contributed by atoms with van der Waals surface area (Å²) in [5.41, 5.74) is 2.03. The second kappa shape index (κ2) is 11.8. The molecule has 0 aliphatic heterocycles. The van der Waals surface area contributed by atoms with Gasteiger partial charge < -0.3 is 9.80 Å². The molecule has 5 heteroatoms. The minimum absolute atomic E-state index is 0.00325. The van der Waals surface area contributed by atoms with Crippen LogP contribution in [0.15, 0.2) is 48.5 Å². The van der Waals surface area contributed by atoms with Gasteiger partial charge in [0, 0.05) is 36.3 Å². The zero-order valence-corrected chi connectivity index (χ0v) is 18.0. The largest absolute Gasteiger partial charge is 0.339 e. The molecule has 0 aromatic heterocycles. The highest BCUT2D eigenvalue weighted by Gasteiger charge is 2.14. The predicted octanol–water partition coefficient (Wildman–Crippen LogP) is 4.88. The lowest BCUT2D eigenvalue weighted by Crippen LogP contribution is -2.31. The highest BCUT2D eigenvalue weighted by Crippen LogP contribution is 2.16. The summed E-state index contributed by atoms with van der Waals surface area (Å²) in [6, 6.07) is 13.0. The molecule has 158 valence electrons. The van der Waals surface area contributed by atoms with Crippen molar-refractivity contribution in [3.8, 4) is 11.8 Å². The molecule has 0 unspecified atom stereocenters. The number of hydrogen-bond acceptors (Lipinski definition) is 2. The van der Waals surface area contributed by atoms with Gasteiger partial charge in [-0.2, -0.15) is 0 Å². The van der Waals surface area contributed by atoms with E-state index < -0.39 is 0 Å². The van der Waals surface area contributed by atoms with Gasteiger partial charge in [0.2, 0.25) is 5.91 Å². The van der Waals surface area contributed by atoms with Gasteiger partial charge in [-0.1, -0.05) is 25.2 Å². The Morgan fingerprint density at radius 3 is 2.13 bits per heavy atom. The summed E-state index contributed by atoms with van der Waals surface area (Å²) in [5.74, 6) is 5.71. The minimum Gasteiger partial charge on any atom is -0.339 e. The second-order valence-electron chi connectivity index (χ2n) is 6.92. The first kappa shape index (κ1) is 23.2. The summed E-state index contributed by atoms with van der Waals surface area (Å²) in [5, 5.41) is 0. The van der Waals surface area contributed by atoms with Gasteiger partial charge in [0.15, 0.2) is 0 Å². The molecule has 0 aliphatic rings.